The van der Waals surface area contributed by atoms with E-state index in [1.807, 2.05) is 74.0 Å². The molecule has 1 atom stereocenters. The van der Waals surface area contributed by atoms with Crippen molar-refractivity contribution in [2.45, 2.75) is 33.8 Å². The van der Waals surface area contributed by atoms with Crippen LogP contribution in [0.2, 0.25) is 0 Å². The van der Waals surface area contributed by atoms with Crippen molar-refractivity contribution in [3.63, 3.8) is 0 Å². The summed E-state index contributed by atoms with van der Waals surface area (Å²) in [6, 6.07) is 9.52. The molecule has 0 aliphatic heterocycles. The number of aromatic nitrogens is 5. The number of terminal acetylenes is 1. The summed E-state index contributed by atoms with van der Waals surface area (Å²) in [6.45, 7) is 11.3. The molecule has 8 heteroatoms. The van der Waals surface area contributed by atoms with Crippen LogP contribution >= 0.6 is 0 Å². The molecule has 0 bridgehead atoms. The summed E-state index contributed by atoms with van der Waals surface area (Å²) in [5, 5.41) is 18.1. The van der Waals surface area contributed by atoms with Gasteiger partial charge in [0.1, 0.15) is 23.7 Å². The molecule has 4 rings (SSSR count). The molecule has 0 fully saturated rings. The Morgan fingerprint density at radius 2 is 2.06 bits per heavy atom. The van der Waals surface area contributed by atoms with Crippen molar-refractivity contribution < 1.29 is 5.11 Å². The highest BCUT2D eigenvalue weighted by molar-refractivity contribution is 5.81. The first-order chi connectivity index (χ1) is 16.8. The summed E-state index contributed by atoms with van der Waals surface area (Å²) < 4.78 is 3.49. The normalized spacial score (nSPS) is 12.3. The largest absolute Gasteiger partial charge is 0.389 e. The lowest BCUT2D eigenvalue weighted by Gasteiger charge is -2.14. The van der Waals surface area contributed by atoms with E-state index in [1.165, 1.54) is 0 Å². The van der Waals surface area contributed by atoms with E-state index in [9.17, 15) is 5.11 Å². The lowest BCUT2D eigenvalue weighted by molar-refractivity contribution is 0.198. The van der Waals surface area contributed by atoms with Gasteiger partial charge in [0.05, 0.1) is 17.1 Å². The van der Waals surface area contributed by atoms with Gasteiger partial charge in [-0.15, -0.1) is 6.42 Å². The Hall–Kier alpha value is -4.48. The highest BCUT2D eigenvalue weighted by atomic mass is 16.3. The molecule has 0 saturated carbocycles. The predicted octanol–water partition coefficient (Wildman–Crippen LogP) is 4.87. The van der Waals surface area contributed by atoms with Crippen LogP contribution in [0, 0.1) is 19.3 Å². The summed E-state index contributed by atoms with van der Waals surface area (Å²) in [4.78, 5) is 13.4. The molecule has 8 nitrogen and oxygen atoms in total. The summed E-state index contributed by atoms with van der Waals surface area (Å²) in [5.41, 5.74) is 5.68. The fourth-order valence-corrected chi connectivity index (χ4v) is 3.60. The molecule has 2 N–H and O–H groups in total. The fraction of sp³-hybridized carbons (Fsp3) is 0.185. The van der Waals surface area contributed by atoms with Crippen molar-refractivity contribution in [3.8, 4) is 24.0 Å². The predicted molar refractivity (Wildman–Crippen MR) is 140 cm³/mol. The van der Waals surface area contributed by atoms with E-state index in [1.54, 1.807) is 17.9 Å². The van der Waals surface area contributed by atoms with Gasteiger partial charge in [-0.2, -0.15) is 5.10 Å². The number of hydrogen-bond donors (Lipinski definition) is 2. The number of hydrogen-bond acceptors (Lipinski definition) is 6. The van der Waals surface area contributed by atoms with Gasteiger partial charge in [-0.25, -0.2) is 19.6 Å². The lowest BCUT2D eigenvalue weighted by atomic mass is 10.1. The summed E-state index contributed by atoms with van der Waals surface area (Å²) in [7, 11) is 0. The number of aryl methyl sites for hydroxylation is 1. The van der Waals surface area contributed by atoms with Gasteiger partial charge in [-0.3, -0.25) is 4.57 Å². The van der Waals surface area contributed by atoms with Crippen LogP contribution in [0.3, 0.4) is 0 Å². The molecule has 3 heterocycles. The number of imidazole rings is 1. The maximum Gasteiger partial charge on any atom is 0.161 e. The molecule has 0 saturated heterocycles. The minimum Gasteiger partial charge on any atom is -0.389 e. The van der Waals surface area contributed by atoms with Crippen molar-refractivity contribution in [3.05, 3.63) is 83.2 Å². The zero-order chi connectivity index (χ0) is 25.1. The quantitative estimate of drug-likeness (QED) is 0.231. The number of nitrogens with one attached hydrogen (secondary N) is 1. The van der Waals surface area contributed by atoms with Gasteiger partial charge in [0, 0.05) is 23.0 Å². The molecule has 1 aromatic carbocycles. The van der Waals surface area contributed by atoms with Crippen molar-refractivity contribution in [1.29, 1.82) is 0 Å². The second-order valence-corrected chi connectivity index (χ2v) is 8.40. The molecule has 0 radical (unpaired) electrons. The average molecular weight is 466 g/mol. The topological polar surface area (TPSA) is 93.2 Å². The number of aliphatic imine (C=N–C) groups is 1. The number of benzene rings is 1. The van der Waals surface area contributed by atoms with Crippen molar-refractivity contribution >= 4 is 23.4 Å². The number of aliphatic hydroxyl groups is 1. The van der Waals surface area contributed by atoms with Crippen LogP contribution in [-0.2, 0) is 0 Å². The average Bonchev–Trinajstić information content (AvgIpc) is 3.43. The van der Waals surface area contributed by atoms with Crippen LogP contribution in [0.4, 0.5) is 5.69 Å². The number of allylic oxidation sites excluding steroid dienone is 3. The summed E-state index contributed by atoms with van der Waals surface area (Å²) in [6.07, 6.45) is 12.2. The number of fused-ring (bicyclic) bond motifs is 1. The van der Waals surface area contributed by atoms with Crippen LogP contribution < -0.4 is 5.32 Å². The third-order valence-corrected chi connectivity index (χ3v) is 5.40. The Morgan fingerprint density at radius 1 is 1.26 bits per heavy atom. The standard InChI is InChI=1S/C27H27N7O/c1-7-22-18(4)15-34(32-22)27-21(19(5)35)10-13-26(31-27)33-16-29-23-11-9-20(14-24(23)33)30-25(28-6)12-8-17(2)3/h1,8-16,19,30,35H,6H2,2-5H3/b25-12+. The van der Waals surface area contributed by atoms with Gasteiger partial charge >= 0.3 is 0 Å². The van der Waals surface area contributed by atoms with E-state index < -0.39 is 6.10 Å². The molecule has 35 heavy (non-hydrogen) atoms. The zero-order valence-electron chi connectivity index (χ0n) is 20.2. The summed E-state index contributed by atoms with van der Waals surface area (Å²) >= 11 is 0. The SMILES string of the molecule is C#Cc1nn(-c2nc(-n3cnc4ccc(N/C(=C/C=C(C)C)N=C)cc43)ccc2C(C)O)cc1C. The van der Waals surface area contributed by atoms with Gasteiger partial charge in [0.25, 0.3) is 0 Å². The molecule has 1 unspecified atom stereocenters. The molecule has 0 spiro atoms. The van der Waals surface area contributed by atoms with Gasteiger partial charge in [0.2, 0.25) is 0 Å². The number of anilines is 1. The lowest BCUT2D eigenvalue weighted by Crippen LogP contribution is -2.09. The fourth-order valence-electron chi connectivity index (χ4n) is 3.60. The van der Waals surface area contributed by atoms with Crippen LogP contribution in [0.5, 0.6) is 0 Å². The smallest absolute Gasteiger partial charge is 0.161 e. The van der Waals surface area contributed by atoms with E-state index in [4.69, 9.17) is 11.4 Å². The number of rotatable bonds is 7. The van der Waals surface area contributed by atoms with Crippen LogP contribution in [-0.4, -0.2) is 36.1 Å². The van der Waals surface area contributed by atoms with Crippen LogP contribution in [0.15, 0.2) is 71.4 Å². The van der Waals surface area contributed by atoms with Crippen molar-refractivity contribution in [2.75, 3.05) is 5.32 Å². The Morgan fingerprint density at radius 3 is 2.71 bits per heavy atom. The molecular weight excluding hydrogens is 438 g/mol. The molecule has 0 aliphatic rings. The second kappa shape index (κ2) is 9.79. The Kier molecular flexibility index (Phi) is 6.62. The van der Waals surface area contributed by atoms with E-state index in [0.29, 0.717) is 28.7 Å². The third kappa shape index (κ3) is 4.90. The molecule has 0 amide bonds. The first-order valence-corrected chi connectivity index (χ1v) is 11.1. The Balaban J connectivity index is 1.79. The van der Waals surface area contributed by atoms with Crippen LogP contribution in [0.25, 0.3) is 22.7 Å². The van der Waals surface area contributed by atoms with Crippen molar-refractivity contribution in [1.82, 2.24) is 24.3 Å². The first kappa shape index (κ1) is 23.7. The van der Waals surface area contributed by atoms with Crippen molar-refractivity contribution in [2.24, 2.45) is 4.99 Å². The number of pyridine rings is 1. The minimum atomic E-state index is -0.738. The molecule has 0 aliphatic carbocycles. The van der Waals surface area contributed by atoms with E-state index in [0.717, 1.165) is 27.9 Å². The van der Waals surface area contributed by atoms with Crippen LogP contribution in [0.1, 0.15) is 43.7 Å². The van der Waals surface area contributed by atoms with Gasteiger partial charge in [-0.1, -0.05) is 11.6 Å². The van der Waals surface area contributed by atoms with Gasteiger partial charge in [-0.05, 0) is 76.7 Å². The Bertz CT molecular complexity index is 1510. The highest BCUT2D eigenvalue weighted by Crippen LogP contribution is 2.26. The molecule has 3 aromatic heterocycles. The van der Waals surface area contributed by atoms with Gasteiger partial charge in [0.15, 0.2) is 5.82 Å². The monoisotopic (exact) mass is 465 g/mol. The minimum absolute atomic E-state index is 0.501. The van der Waals surface area contributed by atoms with E-state index >= 15 is 0 Å². The Labute approximate surface area is 204 Å². The second-order valence-electron chi connectivity index (χ2n) is 8.40. The third-order valence-electron chi connectivity index (χ3n) is 5.40. The number of aliphatic hydroxyl groups excluding tert-OH is 1. The van der Waals surface area contributed by atoms with E-state index in [2.05, 4.69) is 33.0 Å². The maximum absolute atomic E-state index is 10.3. The first-order valence-electron chi connectivity index (χ1n) is 11.1. The maximum atomic E-state index is 10.3. The molecule has 176 valence electrons. The number of nitrogens with zero attached hydrogens (tertiary/aromatic N) is 6. The highest BCUT2D eigenvalue weighted by Gasteiger charge is 2.17. The zero-order valence-corrected chi connectivity index (χ0v) is 20.2. The summed E-state index contributed by atoms with van der Waals surface area (Å²) in [5.74, 6) is 4.34. The van der Waals surface area contributed by atoms with Gasteiger partial charge < -0.3 is 10.4 Å². The molecular formula is C27H27N7O. The van der Waals surface area contributed by atoms with E-state index in [-0.39, 0.29) is 0 Å². The molecule has 4 aromatic rings.